The zero-order chi connectivity index (χ0) is 21.5. The van der Waals surface area contributed by atoms with Gasteiger partial charge in [0.1, 0.15) is 18.1 Å². The molecule has 1 aliphatic rings. The molecule has 0 spiro atoms. The molecule has 3 aromatic rings. The van der Waals surface area contributed by atoms with Crippen LogP contribution in [0, 0.1) is 0 Å². The number of carbonyl (C=O) groups excluding carboxylic acids is 1. The number of furan rings is 1. The van der Waals surface area contributed by atoms with Crippen LogP contribution in [0.4, 0.5) is 0 Å². The highest BCUT2D eigenvalue weighted by Gasteiger charge is 2.24. The summed E-state index contributed by atoms with van der Waals surface area (Å²) in [6, 6.07) is 21.9. The zero-order valence-electron chi connectivity index (χ0n) is 17.7. The number of ether oxygens (including phenoxy) is 1. The first-order valence-electron chi connectivity index (χ1n) is 10.7. The molecule has 1 fully saturated rings. The van der Waals surface area contributed by atoms with Crippen molar-refractivity contribution >= 4 is 5.91 Å². The van der Waals surface area contributed by atoms with Gasteiger partial charge in [0.25, 0.3) is 5.91 Å². The van der Waals surface area contributed by atoms with Crippen LogP contribution in [0.15, 0.2) is 83.8 Å². The molecule has 1 aromatic heterocycles. The fourth-order valence-corrected chi connectivity index (χ4v) is 3.79. The zero-order valence-corrected chi connectivity index (χ0v) is 17.7. The molecule has 4 rings (SSSR count). The monoisotopic (exact) mass is 416 g/mol. The second-order valence-electron chi connectivity index (χ2n) is 7.71. The summed E-state index contributed by atoms with van der Waals surface area (Å²) >= 11 is 0. The van der Waals surface area contributed by atoms with Crippen LogP contribution in [0.5, 0.6) is 5.75 Å². The van der Waals surface area contributed by atoms with Crippen molar-refractivity contribution in [3.05, 3.63) is 102 Å². The highest BCUT2D eigenvalue weighted by atomic mass is 16.5. The fraction of sp³-hybridized carbons (Fsp3) is 0.269. The van der Waals surface area contributed by atoms with E-state index in [0.29, 0.717) is 24.6 Å². The number of nitrogens with zero attached hydrogens (tertiary/aromatic N) is 2. The van der Waals surface area contributed by atoms with Crippen LogP contribution in [0.3, 0.4) is 0 Å². The third kappa shape index (κ3) is 5.44. The van der Waals surface area contributed by atoms with Crippen LogP contribution >= 0.6 is 0 Å². The van der Waals surface area contributed by atoms with Gasteiger partial charge in [0.05, 0.1) is 0 Å². The molecular weight excluding hydrogens is 388 g/mol. The van der Waals surface area contributed by atoms with Crippen LogP contribution in [-0.2, 0) is 19.6 Å². The lowest BCUT2D eigenvalue weighted by Gasteiger charge is -2.34. The normalized spacial score (nSPS) is 14.4. The number of carbonyl (C=O) groups is 1. The van der Waals surface area contributed by atoms with Crippen LogP contribution in [0.25, 0.3) is 0 Å². The summed E-state index contributed by atoms with van der Waals surface area (Å²) in [7, 11) is 0. The molecule has 5 heteroatoms. The van der Waals surface area contributed by atoms with Gasteiger partial charge in [-0.2, -0.15) is 0 Å². The predicted octanol–water partition coefficient (Wildman–Crippen LogP) is 4.55. The molecule has 5 nitrogen and oxygen atoms in total. The van der Waals surface area contributed by atoms with Crippen molar-refractivity contribution in [3.8, 4) is 5.75 Å². The molecule has 0 aliphatic carbocycles. The van der Waals surface area contributed by atoms with Gasteiger partial charge in [0.15, 0.2) is 5.76 Å². The summed E-state index contributed by atoms with van der Waals surface area (Å²) in [6.07, 6.45) is 2.60. The maximum atomic E-state index is 12.9. The summed E-state index contributed by atoms with van der Waals surface area (Å²) in [6.45, 7) is 8.11. The van der Waals surface area contributed by atoms with E-state index in [1.54, 1.807) is 6.07 Å². The summed E-state index contributed by atoms with van der Waals surface area (Å²) in [5.74, 6) is 1.76. The molecule has 1 amide bonds. The van der Waals surface area contributed by atoms with Crippen molar-refractivity contribution in [2.75, 3.05) is 26.2 Å². The predicted molar refractivity (Wildman–Crippen MR) is 121 cm³/mol. The minimum Gasteiger partial charge on any atom is -0.485 e. The van der Waals surface area contributed by atoms with Crippen LogP contribution in [0.1, 0.15) is 27.4 Å². The van der Waals surface area contributed by atoms with Gasteiger partial charge in [0.2, 0.25) is 0 Å². The molecule has 0 radical (unpaired) electrons. The van der Waals surface area contributed by atoms with Crippen molar-refractivity contribution in [1.82, 2.24) is 9.80 Å². The van der Waals surface area contributed by atoms with Gasteiger partial charge < -0.3 is 14.1 Å². The summed E-state index contributed by atoms with van der Waals surface area (Å²) < 4.78 is 11.7. The average molecular weight is 417 g/mol. The Balaban J connectivity index is 1.29. The summed E-state index contributed by atoms with van der Waals surface area (Å²) in [5.41, 5.74) is 2.38. The van der Waals surface area contributed by atoms with Crippen LogP contribution < -0.4 is 4.74 Å². The molecule has 0 saturated carbocycles. The number of rotatable bonds is 8. The Bertz CT molecular complexity index is 1000. The lowest BCUT2D eigenvalue weighted by Crippen LogP contribution is -2.48. The van der Waals surface area contributed by atoms with Crippen molar-refractivity contribution in [3.63, 3.8) is 0 Å². The number of piperazine rings is 1. The van der Waals surface area contributed by atoms with E-state index in [1.807, 2.05) is 47.4 Å². The van der Waals surface area contributed by atoms with Gasteiger partial charge >= 0.3 is 0 Å². The molecule has 0 bridgehead atoms. The molecule has 0 N–H and O–H groups in total. The quantitative estimate of drug-likeness (QED) is 0.506. The molecule has 0 atom stereocenters. The van der Waals surface area contributed by atoms with E-state index in [1.165, 1.54) is 5.56 Å². The smallest absolute Gasteiger partial charge is 0.289 e. The number of amides is 1. The minimum atomic E-state index is -0.0577. The Morgan fingerprint density at radius 3 is 2.48 bits per heavy atom. The van der Waals surface area contributed by atoms with Crippen molar-refractivity contribution in [2.45, 2.75) is 19.6 Å². The average Bonchev–Trinajstić information content (AvgIpc) is 3.29. The first kappa shape index (κ1) is 20.9. The van der Waals surface area contributed by atoms with E-state index in [2.05, 4.69) is 35.7 Å². The molecule has 2 heterocycles. The van der Waals surface area contributed by atoms with Crippen LogP contribution in [-0.4, -0.2) is 41.9 Å². The summed E-state index contributed by atoms with van der Waals surface area (Å²) in [5, 5.41) is 0. The standard InChI is InChI=1S/C26H28N2O3/c1-2-8-22-11-6-7-12-24(22)30-20-23-13-14-25(31-23)26(29)28-17-15-27(16-18-28)19-21-9-4-3-5-10-21/h2-7,9-14H,1,8,15-20H2. The number of allylic oxidation sites excluding steroid dienone is 1. The highest BCUT2D eigenvalue weighted by molar-refractivity contribution is 5.91. The summed E-state index contributed by atoms with van der Waals surface area (Å²) in [4.78, 5) is 17.1. The Labute approximate surface area is 183 Å². The minimum absolute atomic E-state index is 0.0577. The number of hydrogen-bond acceptors (Lipinski definition) is 4. The number of hydrogen-bond donors (Lipinski definition) is 0. The highest BCUT2D eigenvalue weighted by Crippen LogP contribution is 2.21. The SMILES string of the molecule is C=CCc1ccccc1OCc1ccc(C(=O)N2CCN(Cc3ccccc3)CC2)o1. The van der Waals surface area contributed by atoms with Crippen molar-refractivity contribution in [1.29, 1.82) is 0 Å². The molecule has 1 saturated heterocycles. The van der Waals surface area contributed by atoms with Gasteiger partial charge in [0, 0.05) is 32.7 Å². The van der Waals surface area contributed by atoms with Gasteiger partial charge in [-0.05, 0) is 35.7 Å². The lowest BCUT2D eigenvalue weighted by molar-refractivity contribution is 0.0594. The Hall–Kier alpha value is -3.31. The van der Waals surface area contributed by atoms with Crippen LogP contribution in [0.2, 0.25) is 0 Å². The van der Waals surface area contributed by atoms with Crippen molar-refractivity contribution in [2.24, 2.45) is 0 Å². The van der Waals surface area contributed by atoms with Gasteiger partial charge in [-0.15, -0.1) is 6.58 Å². The first-order valence-corrected chi connectivity index (χ1v) is 10.7. The molecular formula is C26H28N2O3. The molecule has 31 heavy (non-hydrogen) atoms. The Kier molecular flexibility index (Phi) is 6.85. The van der Waals surface area contributed by atoms with Crippen molar-refractivity contribution < 1.29 is 13.9 Å². The molecule has 0 unspecified atom stereocenters. The lowest BCUT2D eigenvalue weighted by atomic mass is 10.1. The molecule has 1 aliphatic heterocycles. The largest absolute Gasteiger partial charge is 0.485 e. The van der Waals surface area contributed by atoms with Gasteiger partial charge in [-0.25, -0.2) is 0 Å². The Morgan fingerprint density at radius 2 is 1.71 bits per heavy atom. The third-order valence-corrected chi connectivity index (χ3v) is 5.49. The van der Waals surface area contributed by atoms with Gasteiger partial charge in [-0.1, -0.05) is 54.6 Å². The first-order chi connectivity index (χ1) is 15.2. The van der Waals surface area contributed by atoms with E-state index in [9.17, 15) is 4.79 Å². The topological polar surface area (TPSA) is 45.9 Å². The second kappa shape index (κ2) is 10.1. The van der Waals surface area contributed by atoms with Gasteiger partial charge in [-0.3, -0.25) is 9.69 Å². The Morgan fingerprint density at radius 1 is 0.968 bits per heavy atom. The third-order valence-electron chi connectivity index (χ3n) is 5.49. The maximum absolute atomic E-state index is 12.9. The van der Waals surface area contributed by atoms with E-state index in [4.69, 9.17) is 9.15 Å². The number of benzene rings is 2. The maximum Gasteiger partial charge on any atom is 0.289 e. The molecule has 2 aromatic carbocycles. The van der Waals surface area contributed by atoms with E-state index in [-0.39, 0.29) is 12.5 Å². The van der Waals surface area contributed by atoms with E-state index in [0.717, 1.165) is 37.4 Å². The molecule has 160 valence electrons. The number of para-hydroxylation sites is 1. The van der Waals surface area contributed by atoms with E-state index >= 15 is 0 Å². The second-order valence-corrected chi connectivity index (χ2v) is 7.71. The fourth-order valence-electron chi connectivity index (χ4n) is 3.79. The van der Waals surface area contributed by atoms with E-state index < -0.39 is 0 Å².